The van der Waals surface area contributed by atoms with Gasteiger partial charge in [0.2, 0.25) is 5.91 Å². The highest BCUT2D eigenvalue weighted by atomic mass is 127. The highest BCUT2D eigenvalue weighted by molar-refractivity contribution is 14.2. The second-order valence-corrected chi connectivity index (χ2v) is 8.87. The van der Waals surface area contributed by atoms with Crippen LogP contribution < -0.4 is 5.32 Å². The number of carbonyl (C=O) groups excluding carboxylic acids is 1. The van der Waals surface area contributed by atoms with E-state index in [9.17, 15) is 4.79 Å². The topological polar surface area (TPSA) is 38.3 Å². The quantitative estimate of drug-likeness (QED) is 0.436. The fourth-order valence-corrected chi connectivity index (χ4v) is 0.955. The van der Waals surface area contributed by atoms with Gasteiger partial charge in [0, 0.05) is 20.3 Å². The summed E-state index contributed by atoms with van der Waals surface area (Å²) in [5.41, 5.74) is 0. The van der Waals surface area contributed by atoms with Gasteiger partial charge >= 0.3 is 0 Å². The molecule has 72 valence electrons. The molecule has 0 aliphatic carbocycles. The lowest BCUT2D eigenvalue weighted by Crippen LogP contribution is -2.36. The van der Waals surface area contributed by atoms with Crippen LogP contribution in [0.5, 0.6) is 0 Å². The summed E-state index contributed by atoms with van der Waals surface area (Å²) in [6.07, 6.45) is 0.867. The van der Waals surface area contributed by atoms with Crippen LogP contribution in [0.15, 0.2) is 0 Å². The second kappa shape index (κ2) is 6.36. The van der Waals surface area contributed by atoms with E-state index in [1.165, 1.54) is 0 Å². The largest absolute Gasteiger partial charge is 0.385 e. The first-order valence-corrected chi connectivity index (χ1v) is 5.79. The van der Waals surface area contributed by atoms with E-state index in [1.807, 2.05) is 6.92 Å². The molecule has 0 aromatic rings. The molecule has 0 radical (unpaired) electrons. The number of nitrogens with one attached hydrogen (secondary N) is 1. The molecular formula is C7H13I2NO2. The van der Waals surface area contributed by atoms with Gasteiger partial charge in [0.05, 0.1) is 0 Å². The van der Waals surface area contributed by atoms with E-state index in [2.05, 4.69) is 50.5 Å². The highest BCUT2D eigenvalue weighted by Gasteiger charge is 2.24. The zero-order valence-electron chi connectivity index (χ0n) is 7.19. The third-order valence-corrected chi connectivity index (χ3v) is 2.19. The van der Waals surface area contributed by atoms with E-state index in [-0.39, 0.29) is 7.34 Å². The summed E-state index contributed by atoms with van der Waals surface area (Å²) in [6.45, 7) is 3.26. The third-order valence-electron chi connectivity index (χ3n) is 1.21. The summed E-state index contributed by atoms with van der Waals surface area (Å²) >= 11 is 4.21. The maximum absolute atomic E-state index is 11.3. The van der Waals surface area contributed by atoms with Crippen LogP contribution in [0.2, 0.25) is 0 Å². The van der Waals surface area contributed by atoms with Crippen molar-refractivity contribution < 1.29 is 9.53 Å². The third kappa shape index (κ3) is 6.41. The van der Waals surface area contributed by atoms with Crippen molar-refractivity contribution in [2.75, 3.05) is 20.3 Å². The SMILES string of the molecule is COCCCNC(=O)C(C)(I)I. The van der Waals surface area contributed by atoms with Crippen molar-refractivity contribution >= 4 is 51.1 Å². The molecule has 12 heavy (non-hydrogen) atoms. The highest BCUT2D eigenvalue weighted by Crippen LogP contribution is 2.26. The first-order valence-electron chi connectivity index (χ1n) is 3.63. The standard InChI is InChI=1S/C7H13I2NO2/c1-7(8,9)6(11)10-4-3-5-12-2/h3-5H2,1-2H3,(H,10,11). The first-order chi connectivity index (χ1) is 5.48. The summed E-state index contributed by atoms with van der Waals surface area (Å²) in [4.78, 5) is 11.3. The van der Waals surface area contributed by atoms with Crippen molar-refractivity contribution in [3.8, 4) is 0 Å². The molecule has 1 N–H and O–H groups in total. The van der Waals surface area contributed by atoms with Gasteiger partial charge in [-0.15, -0.1) is 0 Å². The van der Waals surface area contributed by atoms with Gasteiger partial charge in [0.15, 0.2) is 0 Å². The minimum absolute atomic E-state index is 0.0693. The summed E-state index contributed by atoms with van der Waals surface area (Å²) in [6, 6.07) is 0. The molecule has 0 atom stereocenters. The minimum Gasteiger partial charge on any atom is -0.385 e. The smallest absolute Gasteiger partial charge is 0.245 e. The number of carbonyl (C=O) groups is 1. The molecule has 0 aliphatic rings. The first kappa shape index (κ1) is 12.9. The van der Waals surface area contributed by atoms with Crippen molar-refractivity contribution in [2.24, 2.45) is 0 Å². The zero-order valence-corrected chi connectivity index (χ0v) is 11.5. The molecule has 1 amide bonds. The van der Waals surface area contributed by atoms with Crippen LogP contribution in [0, 0.1) is 0 Å². The van der Waals surface area contributed by atoms with E-state index in [0.29, 0.717) is 13.2 Å². The lowest BCUT2D eigenvalue weighted by atomic mass is 10.4. The van der Waals surface area contributed by atoms with E-state index in [1.54, 1.807) is 7.11 Å². The Kier molecular flexibility index (Phi) is 6.83. The Morgan fingerprint density at radius 3 is 2.58 bits per heavy atom. The van der Waals surface area contributed by atoms with Crippen molar-refractivity contribution in [3.05, 3.63) is 0 Å². The monoisotopic (exact) mass is 397 g/mol. The molecule has 0 saturated carbocycles. The minimum atomic E-state index is -0.345. The van der Waals surface area contributed by atoms with Gasteiger partial charge in [-0.2, -0.15) is 0 Å². The summed E-state index contributed by atoms with van der Waals surface area (Å²) in [7, 11) is 1.66. The van der Waals surface area contributed by atoms with E-state index < -0.39 is 0 Å². The van der Waals surface area contributed by atoms with Crippen LogP contribution >= 0.6 is 45.2 Å². The molecule has 0 bridgehead atoms. The van der Waals surface area contributed by atoms with Gasteiger partial charge in [0.1, 0.15) is 1.43 Å². The maximum Gasteiger partial charge on any atom is 0.245 e. The summed E-state index contributed by atoms with van der Waals surface area (Å²) in [5, 5.41) is 2.82. The van der Waals surface area contributed by atoms with Crippen molar-refractivity contribution in [1.82, 2.24) is 5.32 Å². The number of ether oxygens (including phenoxy) is 1. The van der Waals surface area contributed by atoms with Crippen molar-refractivity contribution in [2.45, 2.75) is 14.8 Å². The molecule has 0 saturated heterocycles. The van der Waals surface area contributed by atoms with E-state index in [0.717, 1.165) is 6.42 Å². The number of hydrogen-bond donors (Lipinski definition) is 1. The Morgan fingerprint density at radius 1 is 1.58 bits per heavy atom. The summed E-state index contributed by atoms with van der Waals surface area (Å²) < 4.78 is 4.51. The second-order valence-electron chi connectivity index (χ2n) is 2.49. The Bertz CT molecular complexity index is 145. The van der Waals surface area contributed by atoms with Gasteiger partial charge < -0.3 is 10.1 Å². The number of rotatable bonds is 5. The van der Waals surface area contributed by atoms with Crippen LogP contribution in [-0.2, 0) is 9.53 Å². The molecule has 0 aromatic carbocycles. The van der Waals surface area contributed by atoms with Gasteiger partial charge in [-0.25, -0.2) is 0 Å². The van der Waals surface area contributed by atoms with Crippen LogP contribution in [0.3, 0.4) is 0 Å². The van der Waals surface area contributed by atoms with E-state index >= 15 is 0 Å². The Hall–Kier alpha value is 0.890. The average Bonchev–Trinajstić information content (AvgIpc) is 1.96. The molecule has 0 aliphatic heterocycles. The Balaban J connectivity index is 3.45. The lowest BCUT2D eigenvalue weighted by Gasteiger charge is -2.13. The molecule has 0 aromatic heterocycles. The molecule has 3 nitrogen and oxygen atoms in total. The molecule has 0 unspecified atom stereocenters. The molecular weight excluding hydrogens is 384 g/mol. The molecule has 0 heterocycles. The van der Waals surface area contributed by atoms with Crippen LogP contribution in [0.25, 0.3) is 0 Å². The maximum atomic E-state index is 11.3. The summed E-state index contributed by atoms with van der Waals surface area (Å²) in [5.74, 6) is 0.0693. The molecule has 0 fully saturated rings. The predicted molar refractivity (Wildman–Crippen MR) is 65.9 cm³/mol. The van der Waals surface area contributed by atoms with Crippen LogP contribution in [0.1, 0.15) is 13.3 Å². The van der Waals surface area contributed by atoms with Crippen LogP contribution in [-0.4, -0.2) is 27.6 Å². The fourth-order valence-electron chi connectivity index (χ4n) is 0.574. The van der Waals surface area contributed by atoms with Gasteiger partial charge in [0.25, 0.3) is 0 Å². The Morgan fingerprint density at radius 2 is 2.17 bits per heavy atom. The van der Waals surface area contributed by atoms with Crippen LogP contribution in [0.4, 0.5) is 0 Å². The molecule has 0 rings (SSSR count). The number of methoxy groups -OCH3 is 1. The fraction of sp³-hybridized carbons (Fsp3) is 0.857. The number of hydrogen-bond acceptors (Lipinski definition) is 2. The average molecular weight is 397 g/mol. The van der Waals surface area contributed by atoms with Crippen molar-refractivity contribution in [3.63, 3.8) is 0 Å². The molecule has 0 spiro atoms. The Labute approximate surface area is 100 Å². The number of halogens is 2. The van der Waals surface area contributed by atoms with Crippen molar-refractivity contribution in [1.29, 1.82) is 0 Å². The van der Waals surface area contributed by atoms with Gasteiger partial charge in [-0.3, -0.25) is 4.79 Å². The predicted octanol–water partition coefficient (Wildman–Crippen LogP) is 1.73. The zero-order chi connectivity index (χ0) is 9.61. The molecule has 5 heteroatoms. The normalized spacial score (nSPS) is 11.3. The van der Waals surface area contributed by atoms with Gasteiger partial charge in [-0.05, 0) is 13.3 Å². The van der Waals surface area contributed by atoms with E-state index in [4.69, 9.17) is 4.74 Å². The van der Waals surface area contributed by atoms with Gasteiger partial charge in [-0.1, -0.05) is 45.2 Å². The number of alkyl halides is 2. The lowest BCUT2D eigenvalue weighted by molar-refractivity contribution is -0.120. The number of amides is 1.